The number of nitrogens with one attached hydrogen (secondary N) is 2. The Morgan fingerprint density at radius 2 is 1.71 bits per heavy atom. The number of carbonyl (C=O) groups excluding carboxylic acids is 2. The molecule has 0 saturated carbocycles. The second kappa shape index (κ2) is 11.7. The summed E-state index contributed by atoms with van der Waals surface area (Å²) < 4.78 is 32.6. The van der Waals surface area contributed by atoms with Crippen LogP contribution in [0.1, 0.15) is 21.5 Å². The van der Waals surface area contributed by atoms with Gasteiger partial charge in [-0.15, -0.1) is 0 Å². The molecule has 0 fully saturated rings. The molecule has 0 aromatic heterocycles. The predicted molar refractivity (Wildman–Crippen MR) is 147 cm³/mol. The molecule has 1 amide bonds. The minimum atomic E-state index is -3.87. The quantitative estimate of drug-likeness (QED) is 0.132. The second-order valence-corrected chi connectivity index (χ2v) is 10.8. The van der Waals surface area contributed by atoms with E-state index in [2.05, 4.69) is 15.2 Å². The summed E-state index contributed by atoms with van der Waals surface area (Å²) >= 11 is 12.1. The first-order valence-electron chi connectivity index (χ1n) is 11.2. The highest BCUT2D eigenvalue weighted by molar-refractivity contribution is 7.89. The summed E-state index contributed by atoms with van der Waals surface area (Å²) in [5.74, 6) is -1.22. The van der Waals surface area contributed by atoms with Gasteiger partial charge in [0.05, 0.1) is 28.2 Å². The van der Waals surface area contributed by atoms with Crippen LogP contribution in [-0.4, -0.2) is 33.1 Å². The van der Waals surface area contributed by atoms with Crippen LogP contribution in [0.2, 0.25) is 10.0 Å². The molecule has 0 unspecified atom stereocenters. The predicted octanol–water partition coefficient (Wildman–Crippen LogP) is 5.10. The number of benzene rings is 4. The molecule has 0 atom stereocenters. The Morgan fingerprint density at radius 1 is 0.974 bits per heavy atom. The standard InChI is InChI=1S/C27H21Cl2N3O5S/c1-17-6-10-20(11-7-17)38(35,36)31-16-26(33)32-30-15-23-21-5-3-2-4-18(21)8-13-25(23)37-27(34)22-12-9-19(28)14-24(22)29/h2-15,31H,16H2,1H3,(H,32,33)/b30-15-. The third kappa shape index (κ3) is 6.56. The maximum absolute atomic E-state index is 12.8. The number of hydrogen-bond acceptors (Lipinski definition) is 6. The highest BCUT2D eigenvalue weighted by Crippen LogP contribution is 2.29. The van der Waals surface area contributed by atoms with Crippen molar-refractivity contribution >= 4 is 62.1 Å². The Kier molecular flexibility index (Phi) is 8.43. The van der Waals surface area contributed by atoms with Crippen LogP contribution in [0.4, 0.5) is 0 Å². The zero-order valence-corrected chi connectivity index (χ0v) is 22.3. The van der Waals surface area contributed by atoms with Crippen LogP contribution in [0.5, 0.6) is 5.75 Å². The lowest BCUT2D eigenvalue weighted by atomic mass is 10.0. The Morgan fingerprint density at radius 3 is 2.45 bits per heavy atom. The average molecular weight is 570 g/mol. The Hall–Kier alpha value is -3.76. The molecule has 38 heavy (non-hydrogen) atoms. The van der Waals surface area contributed by atoms with Gasteiger partial charge in [-0.3, -0.25) is 4.79 Å². The molecule has 0 heterocycles. The van der Waals surface area contributed by atoms with E-state index < -0.39 is 28.4 Å². The maximum atomic E-state index is 12.8. The van der Waals surface area contributed by atoms with Crippen LogP contribution in [0, 0.1) is 6.92 Å². The van der Waals surface area contributed by atoms with Gasteiger partial charge in [0.1, 0.15) is 5.75 Å². The lowest BCUT2D eigenvalue weighted by Gasteiger charge is -2.11. The number of rotatable bonds is 8. The van der Waals surface area contributed by atoms with E-state index in [1.807, 2.05) is 19.1 Å². The fourth-order valence-electron chi connectivity index (χ4n) is 3.48. The van der Waals surface area contributed by atoms with Crippen molar-refractivity contribution < 1.29 is 22.7 Å². The van der Waals surface area contributed by atoms with Gasteiger partial charge in [-0.1, -0.05) is 71.2 Å². The number of hydrogen-bond donors (Lipinski definition) is 2. The van der Waals surface area contributed by atoms with Crippen molar-refractivity contribution in [2.45, 2.75) is 11.8 Å². The number of halogens is 2. The third-order valence-electron chi connectivity index (χ3n) is 5.42. The highest BCUT2D eigenvalue weighted by atomic mass is 35.5. The van der Waals surface area contributed by atoms with Crippen LogP contribution in [0.25, 0.3) is 10.8 Å². The number of esters is 1. The molecule has 0 aliphatic heterocycles. The van der Waals surface area contributed by atoms with Gasteiger partial charge < -0.3 is 4.74 Å². The molecule has 0 aliphatic carbocycles. The Bertz CT molecular complexity index is 1660. The van der Waals surface area contributed by atoms with Crippen molar-refractivity contribution in [3.63, 3.8) is 0 Å². The Labute approximate surface area is 229 Å². The zero-order valence-electron chi connectivity index (χ0n) is 19.9. The second-order valence-electron chi connectivity index (χ2n) is 8.14. The number of sulfonamides is 1. The van der Waals surface area contributed by atoms with Gasteiger partial charge >= 0.3 is 5.97 Å². The van der Waals surface area contributed by atoms with Crippen molar-refractivity contribution in [3.8, 4) is 5.75 Å². The van der Waals surface area contributed by atoms with E-state index in [1.54, 1.807) is 36.4 Å². The molecule has 11 heteroatoms. The summed E-state index contributed by atoms with van der Waals surface area (Å²) in [6.45, 7) is 1.31. The molecule has 4 rings (SSSR count). The van der Waals surface area contributed by atoms with Crippen molar-refractivity contribution in [2.24, 2.45) is 5.10 Å². The van der Waals surface area contributed by atoms with Crippen LogP contribution < -0.4 is 14.9 Å². The fraction of sp³-hybridized carbons (Fsp3) is 0.0741. The molecular formula is C27H21Cl2N3O5S. The summed E-state index contributed by atoms with van der Waals surface area (Å²) in [5.41, 5.74) is 3.74. The largest absolute Gasteiger partial charge is 0.422 e. The monoisotopic (exact) mass is 569 g/mol. The lowest BCUT2D eigenvalue weighted by Crippen LogP contribution is -2.34. The third-order valence-corrected chi connectivity index (χ3v) is 7.39. The summed E-state index contributed by atoms with van der Waals surface area (Å²) in [6.07, 6.45) is 1.32. The Balaban J connectivity index is 1.50. The van der Waals surface area contributed by atoms with Crippen molar-refractivity contribution in [3.05, 3.63) is 106 Å². The summed E-state index contributed by atoms with van der Waals surface area (Å²) in [7, 11) is -3.87. The molecule has 8 nitrogen and oxygen atoms in total. The lowest BCUT2D eigenvalue weighted by molar-refractivity contribution is -0.119. The van der Waals surface area contributed by atoms with Gasteiger partial charge in [0.15, 0.2) is 0 Å². The van der Waals surface area contributed by atoms with Crippen molar-refractivity contribution in [1.82, 2.24) is 10.1 Å². The molecule has 0 saturated heterocycles. The van der Waals surface area contributed by atoms with Gasteiger partial charge in [0.2, 0.25) is 10.0 Å². The van der Waals surface area contributed by atoms with Crippen LogP contribution >= 0.6 is 23.2 Å². The molecule has 2 N–H and O–H groups in total. The van der Waals surface area contributed by atoms with E-state index >= 15 is 0 Å². The topological polar surface area (TPSA) is 114 Å². The van der Waals surface area contributed by atoms with Crippen molar-refractivity contribution in [1.29, 1.82) is 0 Å². The van der Waals surface area contributed by atoms with E-state index in [0.29, 0.717) is 16.0 Å². The summed E-state index contributed by atoms with van der Waals surface area (Å²) in [5, 5.41) is 6.02. The number of carbonyl (C=O) groups is 2. The van der Waals surface area contributed by atoms with Gasteiger partial charge in [0.25, 0.3) is 5.91 Å². The van der Waals surface area contributed by atoms with Gasteiger partial charge in [-0.05, 0) is 54.1 Å². The summed E-state index contributed by atoms with van der Waals surface area (Å²) in [6, 6.07) is 21.4. The van der Waals surface area contributed by atoms with Gasteiger partial charge in [-0.2, -0.15) is 5.10 Å². The smallest absolute Gasteiger partial charge is 0.345 e. The van der Waals surface area contributed by atoms with Crippen molar-refractivity contribution in [2.75, 3.05) is 6.54 Å². The van der Waals surface area contributed by atoms with Crippen LogP contribution in [0.3, 0.4) is 0 Å². The number of aryl methyl sites for hydroxylation is 1. The normalized spacial score (nSPS) is 11.6. The number of amides is 1. The van der Waals surface area contributed by atoms with Gasteiger partial charge in [-0.25, -0.2) is 23.4 Å². The number of nitrogens with zero attached hydrogens (tertiary/aromatic N) is 1. The molecular weight excluding hydrogens is 549 g/mol. The van der Waals surface area contributed by atoms with E-state index in [-0.39, 0.29) is 21.2 Å². The molecule has 0 aliphatic rings. The van der Waals surface area contributed by atoms with E-state index in [4.69, 9.17) is 27.9 Å². The maximum Gasteiger partial charge on any atom is 0.345 e. The zero-order chi connectivity index (χ0) is 27.3. The number of ether oxygens (including phenoxy) is 1. The van der Waals surface area contributed by atoms with E-state index in [1.165, 1.54) is 36.5 Å². The molecule has 194 valence electrons. The summed E-state index contributed by atoms with van der Waals surface area (Å²) in [4.78, 5) is 25.1. The highest BCUT2D eigenvalue weighted by Gasteiger charge is 2.17. The number of hydrazone groups is 1. The minimum absolute atomic E-state index is 0.0439. The van der Waals surface area contributed by atoms with Gasteiger partial charge in [0, 0.05) is 10.6 Å². The molecule has 0 bridgehead atoms. The SMILES string of the molecule is Cc1ccc(S(=O)(=O)NCC(=O)N/N=C\c2c(OC(=O)c3ccc(Cl)cc3Cl)ccc3ccccc23)cc1. The minimum Gasteiger partial charge on any atom is -0.422 e. The first kappa shape index (κ1) is 27.3. The molecule has 4 aromatic carbocycles. The first-order valence-corrected chi connectivity index (χ1v) is 13.5. The molecule has 0 spiro atoms. The van der Waals surface area contributed by atoms with Crippen LogP contribution in [-0.2, 0) is 14.8 Å². The average Bonchev–Trinajstić information content (AvgIpc) is 2.88. The number of fused-ring (bicyclic) bond motifs is 1. The first-order chi connectivity index (χ1) is 18.1. The van der Waals surface area contributed by atoms with Crippen LogP contribution in [0.15, 0.2) is 88.9 Å². The van der Waals surface area contributed by atoms with E-state index in [0.717, 1.165) is 10.9 Å². The molecule has 4 aromatic rings. The molecule has 0 radical (unpaired) electrons. The van der Waals surface area contributed by atoms with E-state index in [9.17, 15) is 18.0 Å². The fourth-order valence-corrected chi connectivity index (χ4v) is 4.95.